The fourth-order valence-corrected chi connectivity index (χ4v) is 2.72. The van der Waals surface area contributed by atoms with Gasteiger partial charge in [-0.2, -0.15) is 0 Å². The number of hydrogen-bond acceptors (Lipinski definition) is 4. The normalized spacial score (nSPS) is 10.9. The van der Waals surface area contributed by atoms with Crippen molar-refractivity contribution in [1.82, 2.24) is 9.88 Å². The Bertz CT molecular complexity index is 482. The topological polar surface area (TPSA) is 28.2 Å². The van der Waals surface area contributed by atoms with Crippen LogP contribution in [0.25, 0.3) is 0 Å². The molecular weight excluding hydrogens is 254 g/mol. The lowest BCUT2D eigenvalue weighted by Crippen LogP contribution is -2.21. The standard InChI is InChI=1S/C15H21N3S/c1-3-16-15-13(6-4-9-17-15)12-18(2)10-8-14-7-5-11-19-14/h4-7,9,11H,3,8,10,12H2,1-2H3,(H,16,17). The maximum Gasteiger partial charge on any atom is 0.130 e. The van der Waals surface area contributed by atoms with Gasteiger partial charge >= 0.3 is 0 Å². The van der Waals surface area contributed by atoms with Crippen LogP contribution in [0.5, 0.6) is 0 Å². The highest BCUT2D eigenvalue weighted by molar-refractivity contribution is 7.09. The zero-order valence-electron chi connectivity index (χ0n) is 11.6. The Kier molecular flexibility index (Phi) is 5.36. The van der Waals surface area contributed by atoms with E-state index in [1.165, 1.54) is 10.4 Å². The summed E-state index contributed by atoms with van der Waals surface area (Å²) in [4.78, 5) is 8.19. The van der Waals surface area contributed by atoms with Crippen LogP contribution in [0.2, 0.25) is 0 Å². The van der Waals surface area contributed by atoms with Crippen molar-refractivity contribution in [2.75, 3.05) is 25.5 Å². The van der Waals surface area contributed by atoms with Gasteiger partial charge in [-0.3, -0.25) is 0 Å². The van der Waals surface area contributed by atoms with Crippen LogP contribution in [0.1, 0.15) is 17.4 Å². The van der Waals surface area contributed by atoms with Crippen molar-refractivity contribution in [3.05, 3.63) is 46.3 Å². The van der Waals surface area contributed by atoms with Crippen LogP contribution in [-0.2, 0) is 13.0 Å². The highest BCUT2D eigenvalue weighted by Crippen LogP contribution is 2.14. The van der Waals surface area contributed by atoms with Crippen molar-refractivity contribution >= 4 is 17.2 Å². The van der Waals surface area contributed by atoms with Gasteiger partial charge in [-0.15, -0.1) is 11.3 Å². The number of nitrogens with zero attached hydrogens (tertiary/aromatic N) is 2. The van der Waals surface area contributed by atoms with E-state index in [9.17, 15) is 0 Å². The third-order valence-corrected chi connectivity index (χ3v) is 3.93. The average molecular weight is 275 g/mol. The van der Waals surface area contributed by atoms with Gasteiger partial charge in [0.25, 0.3) is 0 Å². The molecule has 2 aromatic heterocycles. The predicted octanol–water partition coefficient (Wildman–Crippen LogP) is 3.25. The van der Waals surface area contributed by atoms with Gasteiger partial charge in [-0.05, 0) is 37.9 Å². The van der Waals surface area contributed by atoms with Crippen molar-refractivity contribution in [3.8, 4) is 0 Å². The molecule has 0 spiro atoms. The highest BCUT2D eigenvalue weighted by Gasteiger charge is 2.06. The number of anilines is 1. The summed E-state index contributed by atoms with van der Waals surface area (Å²) in [6.07, 6.45) is 2.96. The quantitative estimate of drug-likeness (QED) is 0.840. The van der Waals surface area contributed by atoms with Crippen molar-refractivity contribution in [3.63, 3.8) is 0 Å². The van der Waals surface area contributed by atoms with E-state index in [1.807, 2.05) is 23.6 Å². The lowest BCUT2D eigenvalue weighted by Gasteiger charge is -2.18. The number of likely N-dealkylation sites (N-methyl/N-ethyl adjacent to an activating group) is 1. The fraction of sp³-hybridized carbons (Fsp3) is 0.400. The van der Waals surface area contributed by atoms with Gasteiger partial charge in [0.05, 0.1) is 0 Å². The molecule has 19 heavy (non-hydrogen) atoms. The summed E-state index contributed by atoms with van der Waals surface area (Å²) >= 11 is 1.83. The smallest absolute Gasteiger partial charge is 0.130 e. The molecule has 4 heteroatoms. The van der Waals surface area contributed by atoms with Gasteiger partial charge in [0.2, 0.25) is 0 Å². The second kappa shape index (κ2) is 7.26. The molecule has 0 atom stereocenters. The molecule has 0 aliphatic carbocycles. The molecule has 0 radical (unpaired) electrons. The molecule has 0 saturated heterocycles. The first-order valence-corrected chi connectivity index (χ1v) is 7.56. The van der Waals surface area contributed by atoms with Crippen molar-refractivity contribution in [1.29, 1.82) is 0 Å². The van der Waals surface area contributed by atoms with E-state index >= 15 is 0 Å². The second-order valence-electron chi connectivity index (χ2n) is 4.61. The molecule has 102 valence electrons. The Hall–Kier alpha value is -1.39. The lowest BCUT2D eigenvalue weighted by atomic mass is 10.2. The van der Waals surface area contributed by atoms with E-state index in [2.05, 4.69) is 52.8 Å². The summed E-state index contributed by atoms with van der Waals surface area (Å²) < 4.78 is 0. The monoisotopic (exact) mass is 275 g/mol. The van der Waals surface area contributed by atoms with Gasteiger partial charge in [-0.25, -0.2) is 4.98 Å². The molecule has 0 aromatic carbocycles. The average Bonchev–Trinajstić information content (AvgIpc) is 2.92. The fourth-order valence-electron chi connectivity index (χ4n) is 2.02. The summed E-state index contributed by atoms with van der Waals surface area (Å²) in [5.41, 5.74) is 1.26. The molecule has 0 amide bonds. The summed E-state index contributed by atoms with van der Waals surface area (Å²) in [5.74, 6) is 1.01. The van der Waals surface area contributed by atoms with Gasteiger partial charge in [0.1, 0.15) is 5.82 Å². The van der Waals surface area contributed by atoms with Crippen molar-refractivity contribution in [2.24, 2.45) is 0 Å². The maximum absolute atomic E-state index is 4.40. The molecule has 0 saturated carbocycles. The molecule has 0 bridgehead atoms. The van der Waals surface area contributed by atoms with Crippen LogP contribution in [-0.4, -0.2) is 30.0 Å². The van der Waals surface area contributed by atoms with Crippen LogP contribution in [0.15, 0.2) is 35.8 Å². The zero-order valence-corrected chi connectivity index (χ0v) is 12.4. The third-order valence-electron chi connectivity index (χ3n) is 3.00. The second-order valence-corrected chi connectivity index (χ2v) is 5.64. The SMILES string of the molecule is CCNc1ncccc1CN(C)CCc1cccs1. The first kappa shape index (κ1) is 14.0. The molecule has 0 aliphatic heterocycles. The number of nitrogens with one attached hydrogen (secondary N) is 1. The molecular formula is C15H21N3S. The Morgan fingerprint density at radius 3 is 2.95 bits per heavy atom. The van der Waals surface area contributed by atoms with Gasteiger partial charge < -0.3 is 10.2 Å². The molecule has 2 rings (SSSR count). The molecule has 2 aromatic rings. The van der Waals surface area contributed by atoms with E-state index in [4.69, 9.17) is 0 Å². The highest BCUT2D eigenvalue weighted by atomic mass is 32.1. The van der Waals surface area contributed by atoms with E-state index in [1.54, 1.807) is 0 Å². The van der Waals surface area contributed by atoms with Crippen LogP contribution < -0.4 is 5.32 Å². The minimum Gasteiger partial charge on any atom is -0.370 e. The lowest BCUT2D eigenvalue weighted by molar-refractivity contribution is 0.332. The molecule has 0 aliphatic rings. The number of rotatable bonds is 7. The first-order valence-electron chi connectivity index (χ1n) is 6.68. The minimum atomic E-state index is 0.906. The van der Waals surface area contributed by atoms with Crippen LogP contribution >= 0.6 is 11.3 Å². The van der Waals surface area contributed by atoms with Crippen LogP contribution in [0.3, 0.4) is 0 Å². The number of thiophene rings is 1. The van der Waals surface area contributed by atoms with E-state index in [0.717, 1.165) is 31.9 Å². The number of aromatic nitrogens is 1. The first-order chi connectivity index (χ1) is 9.29. The Balaban J connectivity index is 1.89. The van der Waals surface area contributed by atoms with Gasteiger partial charge in [0.15, 0.2) is 0 Å². The Morgan fingerprint density at radius 1 is 1.32 bits per heavy atom. The van der Waals surface area contributed by atoms with E-state index < -0.39 is 0 Å². The zero-order chi connectivity index (χ0) is 13.5. The molecule has 1 N–H and O–H groups in total. The molecule has 0 unspecified atom stereocenters. The molecule has 0 fully saturated rings. The summed E-state index contributed by atoms with van der Waals surface area (Å²) in [7, 11) is 2.16. The largest absolute Gasteiger partial charge is 0.370 e. The van der Waals surface area contributed by atoms with Gasteiger partial charge in [0, 0.05) is 36.3 Å². The van der Waals surface area contributed by atoms with Crippen molar-refractivity contribution in [2.45, 2.75) is 19.9 Å². The van der Waals surface area contributed by atoms with E-state index in [0.29, 0.717) is 0 Å². The van der Waals surface area contributed by atoms with Gasteiger partial charge in [-0.1, -0.05) is 12.1 Å². The Morgan fingerprint density at radius 2 is 2.21 bits per heavy atom. The summed E-state index contributed by atoms with van der Waals surface area (Å²) in [6.45, 7) is 5.00. The molecule has 3 nitrogen and oxygen atoms in total. The predicted molar refractivity (Wildman–Crippen MR) is 82.8 cm³/mol. The minimum absolute atomic E-state index is 0.906. The number of pyridine rings is 1. The molecule has 2 heterocycles. The Labute approximate surface area is 119 Å². The maximum atomic E-state index is 4.40. The summed E-state index contributed by atoms with van der Waals surface area (Å²) in [6, 6.07) is 8.47. The van der Waals surface area contributed by atoms with Crippen LogP contribution in [0, 0.1) is 0 Å². The van der Waals surface area contributed by atoms with E-state index in [-0.39, 0.29) is 0 Å². The van der Waals surface area contributed by atoms with Crippen molar-refractivity contribution < 1.29 is 0 Å². The van der Waals surface area contributed by atoms with Crippen LogP contribution in [0.4, 0.5) is 5.82 Å². The third kappa shape index (κ3) is 4.33. The number of hydrogen-bond donors (Lipinski definition) is 1. The summed E-state index contributed by atoms with van der Waals surface area (Å²) in [5, 5.41) is 5.45.